The van der Waals surface area contributed by atoms with Crippen molar-refractivity contribution in [2.75, 3.05) is 0 Å². The smallest absolute Gasteiger partial charge is 0.223 e. The Morgan fingerprint density at radius 2 is 0.418 bits per heavy atom. The van der Waals surface area contributed by atoms with E-state index in [9.17, 15) is 0 Å². The van der Waals surface area contributed by atoms with Crippen LogP contribution in [-0.4, -0.2) is 9.13 Å². The summed E-state index contributed by atoms with van der Waals surface area (Å²) in [6.07, 6.45) is 79.3. The second-order valence-electron chi connectivity index (χ2n) is 21.9. The third-order valence-corrected chi connectivity index (χ3v) is 15.4. The van der Waals surface area contributed by atoms with E-state index in [-0.39, 0.29) is 0 Å². The Balaban J connectivity index is 1.92. The highest BCUT2D eigenvalue weighted by Gasteiger charge is 2.32. The standard InChI is InChI=1S/C63H122N4/c1-5-9-13-17-21-24-26-28-30-32-34-36-38-40-44-48-52-56-66-59-58-64(54-50-46-42-20-16-12-8-4)62(66)63-65(55-51-47-43-23-19-15-11-7-3)60-61-67(63)57-53-49-45-41-39-37-35-33-31-29-27-25-22-18-14-10-6-2/h58-61H,5-57H2,1-4H3/q+2. The molecule has 0 amide bonds. The molecule has 0 bridgehead atoms. The summed E-state index contributed by atoms with van der Waals surface area (Å²) < 4.78 is 10.7. The van der Waals surface area contributed by atoms with Gasteiger partial charge < -0.3 is 0 Å². The lowest BCUT2D eigenvalue weighted by Crippen LogP contribution is -2.43. The molecule has 0 atom stereocenters. The van der Waals surface area contributed by atoms with Gasteiger partial charge in [0.05, 0.1) is 26.2 Å². The van der Waals surface area contributed by atoms with Gasteiger partial charge in [-0.25, -0.2) is 18.3 Å². The Hall–Kier alpha value is -1.58. The number of hydrogen-bond acceptors (Lipinski definition) is 0. The van der Waals surface area contributed by atoms with Crippen molar-refractivity contribution in [3.63, 3.8) is 0 Å². The number of hydrogen-bond donors (Lipinski definition) is 0. The molecule has 0 aliphatic rings. The molecule has 2 rings (SSSR count). The number of aryl methyl sites for hydroxylation is 4. The minimum Gasteiger partial charge on any atom is -0.223 e. The van der Waals surface area contributed by atoms with E-state index in [1.807, 2.05) is 0 Å². The summed E-state index contributed by atoms with van der Waals surface area (Å²) >= 11 is 0. The van der Waals surface area contributed by atoms with Crippen LogP contribution < -0.4 is 9.13 Å². The van der Waals surface area contributed by atoms with Crippen molar-refractivity contribution < 1.29 is 9.13 Å². The van der Waals surface area contributed by atoms with Crippen LogP contribution in [0.5, 0.6) is 0 Å². The highest BCUT2D eigenvalue weighted by atomic mass is 15.2. The summed E-state index contributed by atoms with van der Waals surface area (Å²) in [6.45, 7) is 13.9. The van der Waals surface area contributed by atoms with Gasteiger partial charge in [-0.1, -0.05) is 291 Å². The van der Waals surface area contributed by atoms with E-state index < -0.39 is 0 Å². The molecule has 0 saturated heterocycles. The predicted octanol–water partition coefficient (Wildman–Crippen LogP) is 20.7. The lowest BCUT2D eigenvalue weighted by molar-refractivity contribution is -0.715. The van der Waals surface area contributed by atoms with Crippen LogP contribution in [0.25, 0.3) is 11.6 Å². The molecule has 4 nitrogen and oxygen atoms in total. The summed E-state index contributed by atoms with van der Waals surface area (Å²) in [6, 6.07) is 0. The van der Waals surface area contributed by atoms with Crippen molar-refractivity contribution in [2.24, 2.45) is 0 Å². The van der Waals surface area contributed by atoms with Gasteiger partial charge in [-0.3, -0.25) is 0 Å². The molecular weight excluding hydrogens is 813 g/mol. The minimum atomic E-state index is 1.15. The molecule has 0 N–H and O–H groups in total. The molecular formula is C63H122N4+2. The largest absolute Gasteiger partial charge is 0.373 e. The van der Waals surface area contributed by atoms with Crippen LogP contribution in [0.2, 0.25) is 0 Å². The fraction of sp³-hybridized carbons (Fsp3) is 0.905. The molecule has 67 heavy (non-hydrogen) atoms. The third kappa shape index (κ3) is 34.4. The van der Waals surface area contributed by atoms with Gasteiger partial charge in [0.15, 0.2) is 0 Å². The number of nitrogens with zero attached hydrogens (tertiary/aromatic N) is 4. The topological polar surface area (TPSA) is 17.6 Å². The SMILES string of the molecule is CCCCCCCCCCCCCCCCCCCn1cc[n+](CCCCCCCCC)c1-c1n(CCCCCCCCCC)cc[n+]1CCCCCCCCCCCCCCCCCCC. The van der Waals surface area contributed by atoms with Crippen molar-refractivity contribution in [3.8, 4) is 11.6 Å². The van der Waals surface area contributed by atoms with Gasteiger partial charge in [-0.15, -0.1) is 0 Å². The molecule has 0 unspecified atom stereocenters. The molecule has 0 aliphatic carbocycles. The summed E-state index contributed by atoms with van der Waals surface area (Å²) in [7, 11) is 0. The first-order valence-corrected chi connectivity index (χ1v) is 31.4. The third-order valence-electron chi connectivity index (χ3n) is 15.4. The normalized spacial score (nSPS) is 11.8. The zero-order valence-corrected chi connectivity index (χ0v) is 46.6. The Kier molecular flexibility index (Phi) is 44.1. The average Bonchev–Trinajstić information content (AvgIpc) is 3.93. The zero-order chi connectivity index (χ0) is 47.8. The first kappa shape index (κ1) is 61.5. The number of imidazole rings is 2. The van der Waals surface area contributed by atoms with Gasteiger partial charge in [0.2, 0.25) is 0 Å². The van der Waals surface area contributed by atoms with Crippen LogP contribution in [0.1, 0.15) is 342 Å². The lowest BCUT2D eigenvalue weighted by Gasteiger charge is -2.08. The molecule has 0 radical (unpaired) electrons. The van der Waals surface area contributed by atoms with E-state index in [0.29, 0.717) is 0 Å². The van der Waals surface area contributed by atoms with Gasteiger partial charge in [-0.2, -0.15) is 0 Å². The molecule has 0 saturated carbocycles. The van der Waals surface area contributed by atoms with E-state index in [1.54, 1.807) is 0 Å². The summed E-state index contributed by atoms with van der Waals surface area (Å²) in [5.74, 6) is 2.97. The van der Waals surface area contributed by atoms with E-state index in [4.69, 9.17) is 0 Å². The lowest BCUT2D eigenvalue weighted by atomic mass is 10.0. The Labute approximate surface area is 421 Å². The number of rotatable bonds is 54. The van der Waals surface area contributed by atoms with Crippen molar-refractivity contribution in [1.82, 2.24) is 9.13 Å². The van der Waals surface area contributed by atoms with Gasteiger partial charge in [0, 0.05) is 0 Å². The fourth-order valence-corrected chi connectivity index (χ4v) is 10.8. The number of aromatic nitrogens is 4. The maximum Gasteiger partial charge on any atom is 0.373 e. The van der Waals surface area contributed by atoms with Crippen LogP contribution >= 0.6 is 0 Å². The predicted molar refractivity (Wildman–Crippen MR) is 297 cm³/mol. The van der Waals surface area contributed by atoms with Crippen LogP contribution in [0.4, 0.5) is 0 Å². The van der Waals surface area contributed by atoms with Crippen molar-refractivity contribution in [3.05, 3.63) is 24.8 Å². The van der Waals surface area contributed by atoms with Gasteiger partial charge >= 0.3 is 11.6 Å². The second-order valence-corrected chi connectivity index (χ2v) is 21.9. The quantitative estimate of drug-likeness (QED) is 0.0465. The van der Waals surface area contributed by atoms with Gasteiger partial charge in [0.25, 0.3) is 0 Å². The molecule has 0 aromatic carbocycles. The molecule has 0 aliphatic heterocycles. The molecule has 392 valence electrons. The van der Waals surface area contributed by atoms with Crippen LogP contribution in [0.15, 0.2) is 24.8 Å². The average molecular weight is 936 g/mol. The molecule has 0 spiro atoms. The maximum absolute atomic E-state index is 2.68. The molecule has 0 fully saturated rings. The Morgan fingerprint density at radius 1 is 0.239 bits per heavy atom. The Bertz CT molecular complexity index is 1270. The van der Waals surface area contributed by atoms with Crippen molar-refractivity contribution in [1.29, 1.82) is 0 Å². The summed E-state index contributed by atoms with van der Waals surface area (Å²) in [5.41, 5.74) is 0. The molecule has 4 heteroatoms. The highest BCUT2D eigenvalue weighted by molar-refractivity contribution is 5.36. The fourth-order valence-electron chi connectivity index (χ4n) is 10.8. The van der Waals surface area contributed by atoms with E-state index in [2.05, 4.69) is 70.8 Å². The van der Waals surface area contributed by atoms with Crippen LogP contribution in [0.3, 0.4) is 0 Å². The summed E-state index contributed by atoms with van der Waals surface area (Å²) in [5, 5.41) is 0. The van der Waals surface area contributed by atoms with Crippen molar-refractivity contribution >= 4 is 0 Å². The van der Waals surface area contributed by atoms with Crippen LogP contribution in [0, 0.1) is 0 Å². The first-order chi connectivity index (χ1) is 33.3. The first-order valence-electron chi connectivity index (χ1n) is 31.4. The summed E-state index contributed by atoms with van der Waals surface area (Å²) in [4.78, 5) is 0. The van der Waals surface area contributed by atoms with Gasteiger partial charge in [0.1, 0.15) is 24.8 Å². The maximum atomic E-state index is 2.68. The molecule has 2 aromatic rings. The van der Waals surface area contributed by atoms with Gasteiger partial charge in [-0.05, 0) is 51.4 Å². The minimum absolute atomic E-state index is 1.15. The Morgan fingerprint density at radius 3 is 0.627 bits per heavy atom. The van der Waals surface area contributed by atoms with Crippen molar-refractivity contribution in [2.45, 2.75) is 368 Å². The monoisotopic (exact) mass is 935 g/mol. The zero-order valence-electron chi connectivity index (χ0n) is 46.6. The van der Waals surface area contributed by atoms with E-state index >= 15 is 0 Å². The molecule has 2 heterocycles. The highest BCUT2D eigenvalue weighted by Crippen LogP contribution is 2.21. The van der Waals surface area contributed by atoms with E-state index in [1.165, 1.54) is 326 Å². The number of unbranched alkanes of at least 4 members (excludes halogenated alkanes) is 45. The van der Waals surface area contributed by atoms with Crippen LogP contribution in [-0.2, 0) is 26.2 Å². The molecule has 2 aromatic heterocycles. The second kappa shape index (κ2) is 48.1. The van der Waals surface area contributed by atoms with E-state index in [0.717, 1.165) is 26.2 Å².